The molecule has 0 spiro atoms. The number of hydrogen-bond acceptors (Lipinski definition) is 5. The van der Waals surface area contributed by atoms with Crippen molar-refractivity contribution >= 4 is 29.1 Å². The molecule has 1 amide bonds. The smallest absolute Gasteiger partial charge is 0.271 e. The number of aromatic nitrogens is 2. The Kier molecular flexibility index (Phi) is 6.70. The van der Waals surface area contributed by atoms with E-state index in [0.29, 0.717) is 33.5 Å². The maximum absolute atomic E-state index is 12.8. The summed E-state index contributed by atoms with van der Waals surface area (Å²) in [4.78, 5) is 21.7. The first kappa shape index (κ1) is 21.6. The van der Waals surface area contributed by atoms with Crippen molar-refractivity contribution in [1.82, 2.24) is 15.3 Å². The Balaban J connectivity index is 1.67. The number of rotatable bonds is 5. The minimum atomic E-state index is -0.552. The van der Waals surface area contributed by atoms with Gasteiger partial charge in [-0.15, -0.1) is 0 Å². The van der Waals surface area contributed by atoms with Crippen molar-refractivity contribution in [3.05, 3.63) is 70.5 Å². The number of amides is 1. The zero-order valence-corrected chi connectivity index (χ0v) is 18.1. The number of hydrogen-bond donors (Lipinski definition) is 2. The van der Waals surface area contributed by atoms with Crippen LogP contribution in [0.3, 0.4) is 0 Å². The van der Waals surface area contributed by atoms with Gasteiger partial charge in [0.2, 0.25) is 5.88 Å². The monoisotopic (exact) mass is 457 g/mol. The van der Waals surface area contributed by atoms with Gasteiger partial charge in [-0.25, -0.2) is 9.97 Å². The Labute approximate surface area is 190 Å². The van der Waals surface area contributed by atoms with E-state index in [4.69, 9.17) is 27.9 Å². The lowest BCUT2D eigenvalue weighted by Crippen LogP contribution is -2.45. The SMILES string of the molecule is O=C(N[C@@H]1CCCC[C@H]1O)c1cnc(Oc2ccccc2Cl)c(-c2ccc(Cl)cc2)n1. The largest absolute Gasteiger partial charge is 0.435 e. The number of nitrogens with zero attached hydrogens (tertiary/aromatic N) is 2. The number of carbonyl (C=O) groups excluding carboxylic acids is 1. The molecular formula is C23H21Cl2N3O3. The van der Waals surface area contributed by atoms with Crippen molar-refractivity contribution in [3.63, 3.8) is 0 Å². The molecule has 4 rings (SSSR count). The van der Waals surface area contributed by atoms with Gasteiger partial charge in [-0.3, -0.25) is 4.79 Å². The summed E-state index contributed by atoms with van der Waals surface area (Å²) in [7, 11) is 0. The van der Waals surface area contributed by atoms with Crippen LogP contribution >= 0.6 is 23.2 Å². The van der Waals surface area contributed by atoms with Gasteiger partial charge in [-0.2, -0.15) is 0 Å². The van der Waals surface area contributed by atoms with Crippen LogP contribution in [0.1, 0.15) is 36.2 Å². The number of halogens is 2. The van der Waals surface area contributed by atoms with E-state index >= 15 is 0 Å². The Bertz CT molecular complexity index is 1080. The van der Waals surface area contributed by atoms with Crippen LogP contribution in [0.4, 0.5) is 0 Å². The third-order valence-electron chi connectivity index (χ3n) is 5.18. The topological polar surface area (TPSA) is 84.3 Å². The number of nitrogens with one attached hydrogen (secondary N) is 1. The standard InChI is InChI=1S/C23H21Cl2N3O3/c24-15-11-9-14(10-12-15)21-23(31-20-8-4-1-5-16(20)25)26-13-18(27-21)22(30)28-17-6-2-3-7-19(17)29/h1,4-5,8-13,17,19,29H,2-3,6-7H2,(H,28,30)/t17-,19-/m1/s1. The van der Waals surface area contributed by atoms with Crippen LogP contribution in [-0.4, -0.2) is 33.1 Å². The van der Waals surface area contributed by atoms with E-state index in [1.807, 2.05) is 0 Å². The first-order valence-electron chi connectivity index (χ1n) is 10.1. The van der Waals surface area contributed by atoms with Gasteiger partial charge in [0.1, 0.15) is 17.1 Å². The van der Waals surface area contributed by atoms with Gasteiger partial charge in [0.15, 0.2) is 0 Å². The van der Waals surface area contributed by atoms with Crippen molar-refractivity contribution in [2.24, 2.45) is 0 Å². The Morgan fingerprint density at radius 2 is 1.81 bits per heavy atom. The second kappa shape index (κ2) is 9.64. The van der Waals surface area contributed by atoms with Gasteiger partial charge < -0.3 is 15.2 Å². The van der Waals surface area contributed by atoms with Crippen LogP contribution < -0.4 is 10.1 Å². The van der Waals surface area contributed by atoms with Crippen LogP contribution in [0, 0.1) is 0 Å². The normalized spacial score (nSPS) is 18.4. The maximum Gasteiger partial charge on any atom is 0.271 e. The molecule has 31 heavy (non-hydrogen) atoms. The average Bonchev–Trinajstić information content (AvgIpc) is 2.78. The van der Waals surface area contributed by atoms with Gasteiger partial charge in [-0.1, -0.05) is 60.3 Å². The van der Waals surface area contributed by atoms with Gasteiger partial charge in [0.05, 0.1) is 23.4 Å². The third-order valence-corrected chi connectivity index (χ3v) is 5.74. The molecule has 0 unspecified atom stereocenters. The second-order valence-corrected chi connectivity index (χ2v) is 8.22. The van der Waals surface area contributed by atoms with E-state index < -0.39 is 12.0 Å². The number of aliphatic hydroxyl groups excluding tert-OH is 1. The molecule has 1 fully saturated rings. The summed E-state index contributed by atoms with van der Waals surface area (Å²) in [6, 6.07) is 13.7. The van der Waals surface area contributed by atoms with Gasteiger partial charge in [0, 0.05) is 10.6 Å². The zero-order valence-electron chi connectivity index (χ0n) is 16.6. The van der Waals surface area contributed by atoms with E-state index in [1.54, 1.807) is 48.5 Å². The molecule has 1 saturated carbocycles. The molecule has 8 heteroatoms. The lowest BCUT2D eigenvalue weighted by atomic mass is 9.92. The van der Waals surface area contributed by atoms with Crippen LogP contribution in [0.25, 0.3) is 11.3 Å². The molecule has 2 aromatic carbocycles. The minimum Gasteiger partial charge on any atom is -0.435 e. The highest BCUT2D eigenvalue weighted by molar-refractivity contribution is 6.32. The summed E-state index contributed by atoms with van der Waals surface area (Å²) in [6.45, 7) is 0. The quantitative estimate of drug-likeness (QED) is 0.544. The van der Waals surface area contributed by atoms with Crippen molar-refractivity contribution in [2.75, 3.05) is 0 Å². The number of carbonyl (C=O) groups is 1. The van der Waals surface area contributed by atoms with Gasteiger partial charge >= 0.3 is 0 Å². The molecule has 6 nitrogen and oxygen atoms in total. The molecule has 0 bridgehead atoms. The molecule has 1 aliphatic carbocycles. The van der Waals surface area contributed by atoms with Crippen LogP contribution in [0.2, 0.25) is 10.0 Å². The fourth-order valence-electron chi connectivity index (χ4n) is 3.51. The van der Waals surface area contributed by atoms with Gasteiger partial charge in [-0.05, 0) is 37.1 Å². The van der Waals surface area contributed by atoms with E-state index in [1.165, 1.54) is 6.20 Å². The first-order valence-corrected chi connectivity index (χ1v) is 10.8. The minimum absolute atomic E-state index is 0.134. The average molecular weight is 458 g/mol. The lowest BCUT2D eigenvalue weighted by molar-refractivity contribution is 0.0713. The molecule has 1 heterocycles. The van der Waals surface area contributed by atoms with Crippen molar-refractivity contribution in [3.8, 4) is 22.9 Å². The van der Waals surface area contributed by atoms with E-state index in [9.17, 15) is 9.90 Å². The molecule has 0 radical (unpaired) electrons. The molecule has 2 atom stereocenters. The van der Waals surface area contributed by atoms with Gasteiger partial charge in [0.25, 0.3) is 5.91 Å². The predicted octanol–water partition coefficient (Wildman–Crippen LogP) is 5.28. The molecule has 160 valence electrons. The highest BCUT2D eigenvalue weighted by Crippen LogP contribution is 2.34. The third kappa shape index (κ3) is 5.15. The number of benzene rings is 2. The van der Waals surface area contributed by atoms with E-state index in [-0.39, 0.29) is 17.6 Å². The summed E-state index contributed by atoms with van der Waals surface area (Å²) in [5.41, 5.74) is 1.20. The first-order chi connectivity index (χ1) is 15.0. The number of para-hydroxylation sites is 1. The van der Waals surface area contributed by atoms with Crippen LogP contribution in [0.5, 0.6) is 11.6 Å². The fraction of sp³-hybridized carbons (Fsp3) is 0.261. The summed E-state index contributed by atoms with van der Waals surface area (Å²) in [5.74, 6) is 0.249. The van der Waals surface area contributed by atoms with Crippen molar-refractivity contribution < 1.29 is 14.6 Å². The Hall–Kier alpha value is -2.67. The van der Waals surface area contributed by atoms with Crippen molar-refractivity contribution in [1.29, 1.82) is 0 Å². The summed E-state index contributed by atoms with van der Waals surface area (Å²) < 4.78 is 5.92. The molecule has 1 aromatic heterocycles. The molecule has 2 N–H and O–H groups in total. The van der Waals surface area contributed by atoms with E-state index in [2.05, 4.69) is 15.3 Å². The molecule has 0 saturated heterocycles. The predicted molar refractivity (Wildman–Crippen MR) is 120 cm³/mol. The highest BCUT2D eigenvalue weighted by atomic mass is 35.5. The zero-order chi connectivity index (χ0) is 21.8. The van der Waals surface area contributed by atoms with Crippen molar-refractivity contribution in [2.45, 2.75) is 37.8 Å². The highest BCUT2D eigenvalue weighted by Gasteiger charge is 2.26. The number of aliphatic hydroxyl groups is 1. The fourth-order valence-corrected chi connectivity index (χ4v) is 3.81. The molecule has 3 aromatic rings. The molecule has 0 aliphatic heterocycles. The van der Waals surface area contributed by atoms with Crippen LogP contribution in [0.15, 0.2) is 54.7 Å². The molecule has 1 aliphatic rings. The lowest BCUT2D eigenvalue weighted by Gasteiger charge is -2.28. The van der Waals surface area contributed by atoms with Crippen LogP contribution in [-0.2, 0) is 0 Å². The summed E-state index contributed by atoms with van der Waals surface area (Å²) in [5, 5.41) is 14.0. The summed E-state index contributed by atoms with van der Waals surface area (Å²) in [6.07, 6.45) is 4.14. The summed E-state index contributed by atoms with van der Waals surface area (Å²) >= 11 is 12.2. The van der Waals surface area contributed by atoms with E-state index in [0.717, 1.165) is 19.3 Å². The Morgan fingerprint density at radius 1 is 1.06 bits per heavy atom. The second-order valence-electron chi connectivity index (χ2n) is 7.38. The molecular weight excluding hydrogens is 437 g/mol. The number of ether oxygens (including phenoxy) is 1. The maximum atomic E-state index is 12.8. The Morgan fingerprint density at radius 3 is 2.55 bits per heavy atom.